The molecule has 0 atom stereocenters. The highest BCUT2D eigenvalue weighted by Gasteiger charge is 2.35. The zero-order chi connectivity index (χ0) is 15.6. The SMILES string of the molecule is N/C(=C(/CO)C(=O)C1CC1)c1ccccc1OC(F)(F)F. The van der Waals surface area contributed by atoms with E-state index in [-0.39, 0.29) is 28.5 Å². The Morgan fingerprint density at radius 2 is 1.95 bits per heavy atom. The first-order valence-corrected chi connectivity index (χ1v) is 6.32. The lowest BCUT2D eigenvalue weighted by atomic mass is 10.0. The minimum atomic E-state index is -4.86. The molecule has 0 heterocycles. The van der Waals surface area contributed by atoms with E-state index in [2.05, 4.69) is 4.74 Å². The predicted octanol–water partition coefficient (Wildman–Crippen LogP) is 2.23. The molecule has 1 aromatic rings. The van der Waals surface area contributed by atoms with Gasteiger partial charge in [-0.05, 0) is 25.0 Å². The van der Waals surface area contributed by atoms with Crippen molar-refractivity contribution >= 4 is 11.5 Å². The smallest absolute Gasteiger partial charge is 0.405 e. The number of carbonyl (C=O) groups excluding carboxylic acids is 1. The standard InChI is InChI=1S/C14H14F3NO3/c15-14(16,17)21-11-4-2-1-3-9(11)12(18)10(7-19)13(20)8-5-6-8/h1-4,8,19H,5-7,18H2/b12-10-. The van der Waals surface area contributed by atoms with E-state index in [1.807, 2.05) is 0 Å². The Labute approximate surface area is 119 Å². The van der Waals surface area contributed by atoms with Crippen LogP contribution in [0.15, 0.2) is 29.8 Å². The fraction of sp³-hybridized carbons (Fsp3) is 0.357. The number of rotatable bonds is 5. The van der Waals surface area contributed by atoms with Gasteiger partial charge in [0.1, 0.15) is 5.75 Å². The second kappa shape index (κ2) is 5.77. The number of hydrogen-bond donors (Lipinski definition) is 2. The maximum Gasteiger partial charge on any atom is 0.573 e. The highest BCUT2D eigenvalue weighted by Crippen LogP contribution is 2.35. The van der Waals surface area contributed by atoms with E-state index in [0.717, 1.165) is 6.07 Å². The zero-order valence-electron chi connectivity index (χ0n) is 11.0. The van der Waals surface area contributed by atoms with Gasteiger partial charge in [0.25, 0.3) is 0 Å². The molecular formula is C14H14F3NO3. The van der Waals surface area contributed by atoms with Gasteiger partial charge in [-0.3, -0.25) is 4.79 Å². The van der Waals surface area contributed by atoms with Crippen LogP contribution in [-0.2, 0) is 4.79 Å². The molecule has 4 nitrogen and oxygen atoms in total. The molecule has 21 heavy (non-hydrogen) atoms. The normalized spacial score (nSPS) is 16.4. The summed E-state index contributed by atoms with van der Waals surface area (Å²) in [5.41, 5.74) is 5.47. The van der Waals surface area contributed by atoms with Gasteiger partial charge in [0.05, 0.1) is 12.3 Å². The summed E-state index contributed by atoms with van der Waals surface area (Å²) in [5.74, 6) is -1.02. The van der Waals surface area contributed by atoms with Gasteiger partial charge in [0.15, 0.2) is 5.78 Å². The maximum absolute atomic E-state index is 12.4. The van der Waals surface area contributed by atoms with E-state index < -0.39 is 18.7 Å². The summed E-state index contributed by atoms with van der Waals surface area (Å²) in [6.07, 6.45) is -3.46. The maximum atomic E-state index is 12.4. The van der Waals surface area contributed by atoms with Gasteiger partial charge in [-0.25, -0.2) is 0 Å². The average Bonchev–Trinajstić information content (AvgIpc) is 3.22. The van der Waals surface area contributed by atoms with Crippen molar-refractivity contribution in [3.05, 3.63) is 35.4 Å². The molecule has 0 saturated heterocycles. The molecule has 0 spiro atoms. The summed E-state index contributed by atoms with van der Waals surface area (Å²) in [5, 5.41) is 9.31. The number of para-hydroxylation sites is 1. The van der Waals surface area contributed by atoms with Gasteiger partial charge >= 0.3 is 6.36 Å². The fourth-order valence-electron chi connectivity index (χ4n) is 1.95. The molecule has 114 valence electrons. The van der Waals surface area contributed by atoms with Crippen LogP contribution in [0.3, 0.4) is 0 Å². The molecular weight excluding hydrogens is 287 g/mol. The van der Waals surface area contributed by atoms with E-state index in [1.165, 1.54) is 18.2 Å². The van der Waals surface area contributed by atoms with Crippen LogP contribution in [0.5, 0.6) is 5.75 Å². The summed E-state index contributed by atoms with van der Waals surface area (Å²) in [6.45, 7) is -0.623. The van der Waals surface area contributed by atoms with Crippen LogP contribution in [0.2, 0.25) is 0 Å². The molecule has 2 rings (SSSR count). The number of alkyl halides is 3. The second-order valence-corrected chi connectivity index (χ2v) is 4.73. The van der Waals surface area contributed by atoms with Crippen LogP contribution in [0.25, 0.3) is 5.70 Å². The summed E-state index contributed by atoms with van der Waals surface area (Å²) < 4.78 is 41.0. The Morgan fingerprint density at radius 3 is 2.48 bits per heavy atom. The first-order valence-electron chi connectivity index (χ1n) is 6.32. The van der Waals surface area contributed by atoms with E-state index in [9.17, 15) is 23.1 Å². The lowest BCUT2D eigenvalue weighted by Gasteiger charge is -2.15. The average molecular weight is 301 g/mol. The number of aliphatic hydroxyl groups is 1. The van der Waals surface area contributed by atoms with Crippen LogP contribution in [0.4, 0.5) is 13.2 Å². The monoisotopic (exact) mass is 301 g/mol. The van der Waals surface area contributed by atoms with Crippen molar-refractivity contribution in [3.63, 3.8) is 0 Å². The zero-order valence-corrected chi connectivity index (χ0v) is 11.0. The number of ketones is 1. The highest BCUT2D eigenvalue weighted by atomic mass is 19.4. The molecule has 7 heteroatoms. The number of benzene rings is 1. The molecule has 3 N–H and O–H groups in total. The summed E-state index contributed by atoms with van der Waals surface area (Å²) in [4.78, 5) is 12.0. The number of halogens is 3. The fourth-order valence-corrected chi connectivity index (χ4v) is 1.95. The van der Waals surface area contributed by atoms with E-state index in [4.69, 9.17) is 5.73 Å². The van der Waals surface area contributed by atoms with Crippen molar-refractivity contribution in [1.29, 1.82) is 0 Å². The number of aliphatic hydroxyl groups excluding tert-OH is 1. The van der Waals surface area contributed by atoms with Crippen LogP contribution in [-0.4, -0.2) is 23.9 Å². The lowest BCUT2D eigenvalue weighted by molar-refractivity contribution is -0.274. The van der Waals surface area contributed by atoms with Gasteiger partial charge in [0, 0.05) is 17.1 Å². The van der Waals surface area contributed by atoms with Gasteiger partial charge in [-0.2, -0.15) is 0 Å². The number of ether oxygens (including phenoxy) is 1. The number of carbonyl (C=O) groups is 1. The van der Waals surface area contributed by atoms with Crippen molar-refractivity contribution in [3.8, 4) is 5.75 Å². The molecule has 1 saturated carbocycles. The Bertz CT molecular complexity index is 577. The first kappa shape index (κ1) is 15.4. The number of hydrogen-bond acceptors (Lipinski definition) is 4. The van der Waals surface area contributed by atoms with Crippen molar-refractivity contribution in [2.24, 2.45) is 11.7 Å². The minimum Gasteiger partial charge on any atom is -0.405 e. The Balaban J connectivity index is 2.41. The number of Topliss-reactive ketones (excluding diaryl/α,β-unsaturated/α-hetero) is 1. The van der Waals surface area contributed by atoms with Crippen molar-refractivity contribution < 1.29 is 27.8 Å². The van der Waals surface area contributed by atoms with Gasteiger partial charge in [-0.1, -0.05) is 12.1 Å². The second-order valence-electron chi connectivity index (χ2n) is 4.73. The van der Waals surface area contributed by atoms with Crippen molar-refractivity contribution in [1.82, 2.24) is 0 Å². The van der Waals surface area contributed by atoms with Crippen LogP contribution in [0.1, 0.15) is 18.4 Å². The largest absolute Gasteiger partial charge is 0.573 e. The molecule has 0 radical (unpaired) electrons. The quantitative estimate of drug-likeness (QED) is 0.818. The number of nitrogens with two attached hydrogens (primary N) is 1. The third-order valence-electron chi connectivity index (χ3n) is 3.13. The molecule has 0 aliphatic heterocycles. The Hall–Kier alpha value is -2.02. The third-order valence-corrected chi connectivity index (χ3v) is 3.13. The minimum absolute atomic E-state index is 0.0622. The summed E-state index contributed by atoms with van der Waals surface area (Å²) in [6, 6.07) is 5.25. The van der Waals surface area contributed by atoms with Crippen LogP contribution >= 0.6 is 0 Å². The Morgan fingerprint density at radius 1 is 1.33 bits per heavy atom. The van der Waals surface area contributed by atoms with E-state index >= 15 is 0 Å². The Kier molecular flexibility index (Phi) is 4.22. The highest BCUT2D eigenvalue weighted by molar-refractivity contribution is 6.05. The molecule has 1 aromatic carbocycles. The first-order chi connectivity index (χ1) is 9.83. The van der Waals surface area contributed by atoms with Crippen LogP contribution < -0.4 is 10.5 Å². The predicted molar refractivity (Wildman–Crippen MR) is 69.0 cm³/mol. The molecule has 0 unspecified atom stereocenters. The molecule has 1 aliphatic carbocycles. The molecule has 1 aliphatic rings. The molecule has 0 amide bonds. The molecule has 1 fully saturated rings. The summed E-state index contributed by atoms with van der Waals surface area (Å²) in [7, 11) is 0. The van der Waals surface area contributed by atoms with E-state index in [1.54, 1.807) is 0 Å². The van der Waals surface area contributed by atoms with Crippen LogP contribution in [0, 0.1) is 5.92 Å². The van der Waals surface area contributed by atoms with E-state index in [0.29, 0.717) is 12.8 Å². The van der Waals surface area contributed by atoms with Crippen molar-refractivity contribution in [2.45, 2.75) is 19.2 Å². The van der Waals surface area contributed by atoms with Gasteiger partial charge in [-0.15, -0.1) is 13.2 Å². The lowest BCUT2D eigenvalue weighted by Crippen LogP contribution is -2.20. The topological polar surface area (TPSA) is 72.5 Å². The van der Waals surface area contributed by atoms with Gasteiger partial charge in [0.2, 0.25) is 0 Å². The van der Waals surface area contributed by atoms with Gasteiger partial charge < -0.3 is 15.6 Å². The third kappa shape index (κ3) is 3.75. The van der Waals surface area contributed by atoms with Crippen molar-refractivity contribution in [2.75, 3.05) is 6.61 Å². The molecule has 0 aromatic heterocycles. The summed E-state index contributed by atoms with van der Waals surface area (Å²) >= 11 is 0. The molecule has 0 bridgehead atoms.